The molecule has 0 bridgehead atoms. The van der Waals surface area contributed by atoms with Gasteiger partial charge in [-0.1, -0.05) is 13.0 Å². The first-order valence-corrected chi connectivity index (χ1v) is 8.87. The lowest BCUT2D eigenvalue weighted by Gasteiger charge is -2.30. The number of rotatable bonds is 7. The second-order valence-corrected chi connectivity index (χ2v) is 6.40. The summed E-state index contributed by atoms with van der Waals surface area (Å²) in [6.07, 6.45) is 5.54. The van der Waals surface area contributed by atoms with E-state index < -0.39 is 0 Å². The molecule has 0 saturated carbocycles. The smallest absolute Gasteiger partial charge is 0.218 e. The number of aliphatic imine (C=N–C) groups is 1. The van der Waals surface area contributed by atoms with Gasteiger partial charge in [-0.2, -0.15) is 0 Å². The highest BCUT2D eigenvalue weighted by molar-refractivity contribution is 5.79. The molecule has 0 unspecified atom stereocenters. The minimum absolute atomic E-state index is 0.640. The molecule has 0 atom stereocenters. The molecule has 2 rings (SSSR count). The van der Waals surface area contributed by atoms with Crippen LogP contribution in [0.2, 0.25) is 0 Å². The maximum absolute atomic E-state index is 5.27. The molecule has 6 nitrogen and oxygen atoms in total. The number of nitrogens with one attached hydrogen (secondary N) is 2. The summed E-state index contributed by atoms with van der Waals surface area (Å²) in [5, 5.41) is 6.69. The predicted octanol–water partition coefficient (Wildman–Crippen LogP) is 1.88. The molecule has 0 amide bonds. The van der Waals surface area contributed by atoms with Crippen molar-refractivity contribution in [2.75, 3.05) is 40.3 Å². The van der Waals surface area contributed by atoms with Gasteiger partial charge in [0.15, 0.2) is 5.96 Å². The Morgan fingerprint density at radius 2 is 2.17 bits per heavy atom. The predicted molar refractivity (Wildman–Crippen MR) is 98.4 cm³/mol. The first kappa shape index (κ1) is 18.5. The molecule has 1 aromatic heterocycles. The summed E-state index contributed by atoms with van der Waals surface area (Å²) in [5.74, 6) is 2.36. The van der Waals surface area contributed by atoms with Crippen LogP contribution >= 0.6 is 0 Å². The normalized spacial score (nSPS) is 16.9. The highest BCUT2D eigenvalue weighted by atomic mass is 16.5. The van der Waals surface area contributed by atoms with Crippen LogP contribution in [0.4, 0.5) is 0 Å². The number of methoxy groups -OCH3 is 1. The van der Waals surface area contributed by atoms with Gasteiger partial charge in [-0.15, -0.1) is 0 Å². The number of piperidine rings is 1. The van der Waals surface area contributed by atoms with Crippen molar-refractivity contribution in [3.63, 3.8) is 0 Å². The van der Waals surface area contributed by atoms with Gasteiger partial charge < -0.3 is 20.3 Å². The lowest BCUT2D eigenvalue weighted by molar-refractivity contribution is 0.191. The Bertz CT molecular complexity index is 512. The van der Waals surface area contributed by atoms with Crippen molar-refractivity contribution in [2.45, 2.75) is 32.7 Å². The van der Waals surface area contributed by atoms with Crippen LogP contribution in [-0.4, -0.2) is 56.2 Å². The van der Waals surface area contributed by atoms with Gasteiger partial charge in [0.05, 0.1) is 7.11 Å². The highest BCUT2D eigenvalue weighted by Gasteiger charge is 2.14. The Morgan fingerprint density at radius 3 is 2.88 bits per heavy atom. The summed E-state index contributed by atoms with van der Waals surface area (Å²) in [6, 6.07) is 3.92. The first-order chi connectivity index (χ1) is 11.7. The largest absolute Gasteiger partial charge is 0.481 e. The number of guanidine groups is 1. The Kier molecular flexibility index (Phi) is 7.82. The zero-order valence-corrected chi connectivity index (χ0v) is 15.2. The Morgan fingerprint density at radius 1 is 1.38 bits per heavy atom. The van der Waals surface area contributed by atoms with Gasteiger partial charge in [-0.3, -0.25) is 4.99 Å². The second-order valence-electron chi connectivity index (χ2n) is 6.40. The molecule has 1 aliphatic heterocycles. The van der Waals surface area contributed by atoms with Crippen molar-refractivity contribution in [1.82, 2.24) is 20.5 Å². The number of nitrogens with zero attached hydrogens (tertiary/aromatic N) is 3. The molecule has 1 saturated heterocycles. The molecular formula is C18H31N5O. The van der Waals surface area contributed by atoms with Crippen molar-refractivity contribution < 1.29 is 4.74 Å². The van der Waals surface area contributed by atoms with E-state index in [4.69, 9.17) is 4.74 Å². The van der Waals surface area contributed by atoms with Gasteiger partial charge in [0.1, 0.15) is 0 Å². The topological polar surface area (TPSA) is 61.8 Å². The molecule has 0 aliphatic carbocycles. The Labute approximate surface area is 145 Å². The molecule has 0 aromatic carbocycles. The molecule has 1 fully saturated rings. The second kappa shape index (κ2) is 10.1. The molecule has 0 spiro atoms. The van der Waals surface area contributed by atoms with E-state index in [0.717, 1.165) is 37.0 Å². The van der Waals surface area contributed by atoms with Gasteiger partial charge in [-0.25, -0.2) is 4.98 Å². The molecule has 1 aromatic rings. The molecule has 2 N–H and O–H groups in total. The minimum Gasteiger partial charge on any atom is -0.481 e. The SMILES string of the molecule is CN=C(NCCCN1CCC(C)CC1)NCc1cccnc1OC. The lowest BCUT2D eigenvalue weighted by atomic mass is 9.99. The van der Waals surface area contributed by atoms with E-state index in [1.807, 2.05) is 12.1 Å². The monoisotopic (exact) mass is 333 g/mol. The summed E-state index contributed by atoms with van der Waals surface area (Å²) in [7, 11) is 3.43. The minimum atomic E-state index is 0.640. The van der Waals surface area contributed by atoms with E-state index in [9.17, 15) is 0 Å². The van der Waals surface area contributed by atoms with Crippen LogP contribution < -0.4 is 15.4 Å². The van der Waals surface area contributed by atoms with Crippen LogP contribution in [0.5, 0.6) is 5.88 Å². The van der Waals surface area contributed by atoms with Crippen molar-refractivity contribution in [3.8, 4) is 5.88 Å². The number of aromatic nitrogens is 1. The lowest BCUT2D eigenvalue weighted by Crippen LogP contribution is -2.39. The van der Waals surface area contributed by atoms with E-state index in [1.165, 1.54) is 25.9 Å². The Balaban J connectivity index is 1.65. The average molecular weight is 333 g/mol. The van der Waals surface area contributed by atoms with Crippen molar-refractivity contribution in [3.05, 3.63) is 23.9 Å². The molecular weight excluding hydrogens is 302 g/mol. The number of likely N-dealkylation sites (tertiary alicyclic amines) is 1. The quantitative estimate of drug-likeness (QED) is 0.453. The highest BCUT2D eigenvalue weighted by Crippen LogP contribution is 2.15. The van der Waals surface area contributed by atoms with Crippen molar-refractivity contribution in [2.24, 2.45) is 10.9 Å². The summed E-state index contributed by atoms with van der Waals surface area (Å²) in [4.78, 5) is 11.0. The maximum Gasteiger partial charge on any atom is 0.218 e. The zero-order valence-electron chi connectivity index (χ0n) is 15.2. The third-order valence-corrected chi connectivity index (χ3v) is 4.53. The molecule has 24 heavy (non-hydrogen) atoms. The zero-order chi connectivity index (χ0) is 17.2. The van der Waals surface area contributed by atoms with E-state index in [-0.39, 0.29) is 0 Å². The third kappa shape index (κ3) is 6.00. The maximum atomic E-state index is 5.27. The van der Waals surface area contributed by atoms with Crippen LogP contribution in [0.15, 0.2) is 23.3 Å². The van der Waals surface area contributed by atoms with E-state index in [0.29, 0.717) is 12.4 Å². The average Bonchev–Trinajstić information content (AvgIpc) is 2.63. The van der Waals surface area contributed by atoms with E-state index in [2.05, 4.69) is 32.4 Å². The van der Waals surface area contributed by atoms with Gasteiger partial charge in [0, 0.05) is 31.9 Å². The van der Waals surface area contributed by atoms with Crippen LogP contribution in [0, 0.1) is 5.92 Å². The van der Waals surface area contributed by atoms with Gasteiger partial charge >= 0.3 is 0 Å². The van der Waals surface area contributed by atoms with E-state index >= 15 is 0 Å². The molecule has 2 heterocycles. The summed E-state index contributed by atoms with van der Waals surface area (Å²) >= 11 is 0. The summed E-state index contributed by atoms with van der Waals surface area (Å²) in [5.41, 5.74) is 1.02. The molecule has 0 radical (unpaired) electrons. The van der Waals surface area contributed by atoms with Gasteiger partial charge in [0.2, 0.25) is 5.88 Å². The number of pyridine rings is 1. The molecule has 6 heteroatoms. The van der Waals surface area contributed by atoms with E-state index in [1.54, 1.807) is 20.4 Å². The number of ether oxygens (including phenoxy) is 1. The van der Waals surface area contributed by atoms with Crippen LogP contribution in [0.25, 0.3) is 0 Å². The van der Waals surface area contributed by atoms with Crippen LogP contribution in [-0.2, 0) is 6.54 Å². The molecule has 1 aliphatic rings. The molecule has 134 valence electrons. The number of hydrogen-bond acceptors (Lipinski definition) is 4. The fourth-order valence-corrected chi connectivity index (χ4v) is 2.94. The first-order valence-electron chi connectivity index (χ1n) is 8.87. The van der Waals surface area contributed by atoms with Crippen LogP contribution in [0.1, 0.15) is 31.7 Å². The van der Waals surface area contributed by atoms with Crippen molar-refractivity contribution in [1.29, 1.82) is 0 Å². The number of hydrogen-bond donors (Lipinski definition) is 2. The van der Waals surface area contributed by atoms with Crippen LogP contribution in [0.3, 0.4) is 0 Å². The third-order valence-electron chi connectivity index (χ3n) is 4.53. The fraction of sp³-hybridized carbons (Fsp3) is 0.667. The van der Waals surface area contributed by atoms with Crippen molar-refractivity contribution >= 4 is 5.96 Å². The fourth-order valence-electron chi connectivity index (χ4n) is 2.94. The summed E-state index contributed by atoms with van der Waals surface area (Å²) in [6.45, 7) is 7.57. The van der Waals surface area contributed by atoms with Gasteiger partial charge in [-0.05, 0) is 50.9 Å². The van der Waals surface area contributed by atoms with Gasteiger partial charge in [0.25, 0.3) is 0 Å². The summed E-state index contributed by atoms with van der Waals surface area (Å²) < 4.78 is 5.27. The Hall–Kier alpha value is -1.82. The standard InChI is InChI=1S/C18H31N5O/c1-15-7-12-23(13-8-15)11-5-10-21-18(19-2)22-14-16-6-4-9-20-17(16)24-3/h4,6,9,15H,5,7-8,10-14H2,1-3H3,(H2,19,21,22).